The predicted molar refractivity (Wildman–Crippen MR) is 121 cm³/mol. The number of carbonyl (C=O) groups is 1. The number of halogens is 1. The number of benzene rings is 3. The highest BCUT2D eigenvalue weighted by molar-refractivity contribution is 5.94. The first-order valence-corrected chi connectivity index (χ1v) is 10.1. The van der Waals surface area contributed by atoms with E-state index >= 15 is 0 Å². The number of ether oxygens (including phenoxy) is 2. The average Bonchev–Trinajstić information content (AvgIpc) is 3.29. The highest BCUT2D eigenvalue weighted by atomic mass is 35.5. The average molecular weight is 427 g/mol. The van der Waals surface area contributed by atoms with Crippen molar-refractivity contribution in [2.24, 2.45) is 5.73 Å². The lowest BCUT2D eigenvalue weighted by Gasteiger charge is -2.18. The molecule has 30 heavy (non-hydrogen) atoms. The third-order valence-corrected chi connectivity index (χ3v) is 5.29. The Morgan fingerprint density at radius 2 is 1.87 bits per heavy atom. The minimum atomic E-state index is -0.248. The van der Waals surface area contributed by atoms with Crippen LogP contribution in [-0.4, -0.2) is 31.8 Å². The highest BCUT2D eigenvalue weighted by Gasteiger charge is 2.17. The van der Waals surface area contributed by atoms with E-state index < -0.39 is 0 Å². The number of amides is 1. The summed E-state index contributed by atoms with van der Waals surface area (Å²) < 4.78 is 11.3. The maximum atomic E-state index is 12.7. The van der Waals surface area contributed by atoms with Gasteiger partial charge in [0.05, 0.1) is 12.1 Å². The summed E-state index contributed by atoms with van der Waals surface area (Å²) in [7, 11) is 0. The predicted octanol–water partition coefficient (Wildman–Crippen LogP) is 4.25. The van der Waals surface area contributed by atoms with Crippen LogP contribution in [0.2, 0.25) is 0 Å². The van der Waals surface area contributed by atoms with Crippen molar-refractivity contribution in [3.63, 3.8) is 0 Å². The summed E-state index contributed by atoms with van der Waals surface area (Å²) in [5, 5.41) is 5.33. The van der Waals surface area contributed by atoms with E-state index in [-0.39, 0.29) is 30.5 Å². The minimum Gasteiger partial charge on any atom is -0.491 e. The van der Waals surface area contributed by atoms with Crippen molar-refractivity contribution in [1.82, 2.24) is 5.32 Å². The van der Waals surface area contributed by atoms with Crippen LogP contribution in [0.5, 0.6) is 5.75 Å². The number of hydrogen-bond donors (Lipinski definition) is 2. The Morgan fingerprint density at radius 1 is 1.10 bits per heavy atom. The van der Waals surface area contributed by atoms with Crippen LogP contribution < -0.4 is 15.8 Å². The molecule has 1 saturated heterocycles. The summed E-state index contributed by atoms with van der Waals surface area (Å²) >= 11 is 0. The van der Waals surface area contributed by atoms with Crippen molar-refractivity contribution in [3.05, 3.63) is 77.9 Å². The first kappa shape index (κ1) is 22.1. The van der Waals surface area contributed by atoms with Crippen LogP contribution in [0.15, 0.2) is 66.7 Å². The molecule has 0 saturated carbocycles. The van der Waals surface area contributed by atoms with Gasteiger partial charge >= 0.3 is 0 Å². The van der Waals surface area contributed by atoms with E-state index in [1.807, 2.05) is 30.3 Å². The van der Waals surface area contributed by atoms with Gasteiger partial charge in [-0.1, -0.05) is 36.4 Å². The monoisotopic (exact) mass is 426 g/mol. The van der Waals surface area contributed by atoms with Gasteiger partial charge in [-0.25, -0.2) is 0 Å². The summed E-state index contributed by atoms with van der Waals surface area (Å²) in [5.41, 5.74) is 7.53. The highest BCUT2D eigenvalue weighted by Crippen LogP contribution is 2.21. The van der Waals surface area contributed by atoms with E-state index in [1.54, 1.807) is 12.1 Å². The molecule has 3 aromatic rings. The normalized spacial score (nSPS) is 16.6. The van der Waals surface area contributed by atoms with Crippen molar-refractivity contribution < 1.29 is 14.3 Å². The van der Waals surface area contributed by atoms with Crippen LogP contribution in [0.3, 0.4) is 0 Å². The fourth-order valence-corrected chi connectivity index (χ4v) is 3.61. The van der Waals surface area contributed by atoms with E-state index in [1.165, 1.54) is 0 Å². The second-order valence-electron chi connectivity index (χ2n) is 7.34. The van der Waals surface area contributed by atoms with Crippen molar-refractivity contribution in [3.8, 4) is 5.75 Å². The molecule has 0 aromatic heterocycles. The summed E-state index contributed by atoms with van der Waals surface area (Å²) in [5.74, 6) is 0.584. The third kappa shape index (κ3) is 5.30. The van der Waals surface area contributed by atoms with E-state index in [9.17, 15) is 4.79 Å². The van der Waals surface area contributed by atoms with Gasteiger partial charge in [-0.3, -0.25) is 4.79 Å². The number of nitrogens with one attached hydrogen (secondary N) is 1. The SMILES string of the molecule is Cl.NCC(NC(=O)c1ccc(OCC2CCCO2)cc1)c1ccc2ccccc2c1. The van der Waals surface area contributed by atoms with Gasteiger partial charge in [-0.2, -0.15) is 0 Å². The molecule has 1 heterocycles. The van der Waals surface area contributed by atoms with Crippen molar-refractivity contribution in [2.75, 3.05) is 19.8 Å². The molecule has 6 heteroatoms. The quantitative estimate of drug-likeness (QED) is 0.592. The summed E-state index contributed by atoms with van der Waals surface area (Å²) in [6, 6.07) is 21.2. The Morgan fingerprint density at radius 3 is 2.57 bits per heavy atom. The molecule has 1 aliphatic rings. The molecule has 1 amide bonds. The zero-order chi connectivity index (χ0) is 20.1. The van der Waals surface area contributed by atoms with Gasteiger partial charge in [0.25, 0.3) is 5.91 Å². The zero-order valence-corrected chi connectivity index (χ0v) is 17.6. The molecular weight excluding hydrogens is 400 g/mol. The molecule has 5 nitrogen and oxygen atoms in total. The van der Waals surface area contributed by atoms with Gasteiger partial charge in [0, 0.05) is 18.7 Å². The van der Waals surface area contributed by atoms with Crippen molar-refractivity contribution in [2.45, 2.75) is 25.0 Å². The first-order valence-electron chi connectivity index (χ1n) is 10.1. The fourth-order valence-electron chi connectivity index (χ4n) is 3.61. The van der Waals surface area contributed by atoms with E-state index in [2.05, 4.69) is 29.6 Å². The standard InChI is InChI=1S/C24H26N2O3.ClH/c25-15-23(20-8-7-17-4-1-2-5-19(17)14-20)26-24(27)18-9-11-21(12-10-18)29-16-22-6-3-13-28-22;/h1-2,4-5,7-12,14,22-23H,3,6,13,15-16,25H2,(H,26,27);1H. The number of hydrogen-bond acceptors (Lipinski definition) is 4. The van der Waals surface area contributed by atoms with Crippen molar-refractivity contribution >= 4 is 29.1 Å². The Kier molecular flexibility index (Phi) is 7.69. The van der Waals surface area contributed by atoms with Gasteiger partial charge in [0.2, 0.25) is 0 Å². The summed E-state index contributed by atoms with van der Waals surface area (Å²) in [6.07, 6.45) is 2.30. The van der Waals surface area contributed by atoms with Crippen molar-refractivity contribution in [1.29, 1.82) is 0 Å². The second kappa shape index (κ2) is 10.4. The zero-order valence-electron chi connectivity index (χ0n) is 16.8. The molecule has 4 rings (SSSR count). The van der Waals surface area contributed by atoms with Gasteiger partial charge in [-0.15, -0.1) is 12.4 Å². The molecule has 3 N–H and O–H groups in total. The molecule has 0 aliphatic carbocycles. The Labute approximate surface area is 183 Å². The van der Waals surface area contributed by atoms with Crippen LogP contribution in [-0.2, 0) is 4.74 Å². The fraction of sp³-hybridized carbons (Fsp3) is 0.292. The van der Waals surface area contributed by atoms with Crippen LogP contribution in [0.25, 0.3) is 10.8 Å². The maximum absolute atomic E-state index is 12.7. The number of carbonyl (C=O) groups excluding carboxylic acids is 1. The molecule has 0 radical (unpaired) electrons. The lowest BCUT2D eigenvalue weighted by molar-refractivity contribution is 0.0679. The molecule has 3 aromatic carbocycles. The molecule has 1 aliphatic heterocycles. The Balaban J connectivity index is 0.00000256. The lowest BCUT2D eigenvalue weighted by atomic mass is 10.0. The molecule has 0 bridgehead atoms. The number of rotatable bonds is 7. The lowest BCUT2D eigenvalue weighted by Crippen LogP contribution is -2.33. The van der Waals surface area contributed by atoms with Crippen LogP contribution in [0.1, 0.15) is 34.8 Å². The van der Waals surface area contributed by atoms with Gasteiger partial charge in [-0.05, 0) is 59.5 Å². The first-order chi connectivity index (χ1) is 14.2. The molecule has 0 spiro atoms. The number of nitrogens with two attached hydrogens (primary N) is 1. The molecule has 1 fully saturated rings. The molecule has 2 atom stereocenters. The maximum Gasteiger partial charge on any atom is 0.251 e. The van der Waals surface area contributed by atoms with Crippen LogP contribution in [0.4, 0.5) is 0 Å². The van der Waals surface area contributed by atoms with Gasteiger partial charge in [0.1, 0.15) is 12.4 Å². The van der Waals surface area contributed by atoms with Gasteiger partial charge in [0.15, 0.2) is 0 Å². The topological polar surface area (TPSA) is 73.6 Å². The van der Waals surface area contributed by atoms with Gasteiger partial charge < -0.3 is 20.5 Å². The van der Waals surface area contributed by atoms with Crippen LogP contribution >= 0.6 is 12.4 Å². The Hall–Kier alpha value is -2.60. The molecule has 2 unspecified atom stereocenters. The summed E-state index contributed by atoms with van der Waals surface area (Å²) in [6.45, 7) is 1.68. The molecular formula is C24H27ClN2O3. The molecule has 158 valence electrons. The minimum absolute atomic E-state index is 0. The van der Waals surface area contributed by atoms with E-state index in [0.717, 1.165) is 41.5 Å². The number of fused-ring (bicyclic) bond motifs is 1. The van der Waals surface area contributed by atoms with E-state index in [0.29, 0.717) is 18.7 Å². The Bertz CT molecular complexity index is 972. The summed E-state index contributed by atoms with van der Waals surface area (Å²) in [4.78, 5) is 12.7. The van der Waals surface area contributed by atoms with Crippen LogP contribution in [0, 0.1) is 0 Å². The van der Waals surface area contributed by atoms with E-state index in [4.69, 9.17) is 15.2 Å². The third-order valence-electron chi connectivity index (χ3n) is 5.29. The second-order valence-corrected chi connectivity index (χ2v) is 7.34. The largest absolute Gasteiger partial charge is 0.491 e. The smallest absolute Gasteiger partial charge is 0.251 e.